The van der Waals surface area contributed by atoms with Gasteiger partial charge in [-0.05, 0) is 108 Å². The summed E-state index contributed by atoms with van der Waals surface area (Å²) < 4.78 is 0. The molecule has 0 aliphatic carbocycles. The van der Waals surface area contributed by atoms with E-state index < -0.39 is 163 Å². The molecule has 0 unspecified atom stereocenters. The van der Waals surface area contributed by atoms with Gasteiger partial charge in [0, 0.05) is 32.4 Å². The number of nitrogens with zero attached hydrogens (tertiary/aromatic N) is 2. The Hall–Kier alpha value is -8.72. The number of carbonyl (C=O) groups excluding carboxylic acids is 10. The quantitative estimate of drug-likeness (QED) is 0.0165. The number of nitrogens with two attached hydrogens (primary N) is 8. The number of hydrogen-bond acceptors (Lipinski definition) is 17. The highest BCUT2D eigenvalue weighted by Crippen LogP contribution is 2.15. The number of benzene rings is 1. The van der Waals surface area contributed by atoms with Gasteiger partial charge >= 0.3 is 11.9 Å². The summed E-state index contributed by atoms with van der Waals surface area (Å²) in [6.45, 7) is 6.59. The number of rotatable bonds is 46. The molecule has 33 nitrogen and oxygen atoms in total. The molecular formula is C56H97N19O14. The molecule has 500 valence electrons. The van der Waals surface area contributed by atoms with Gasteiger partial charge in [-0.25, -0.2) is 4.79 Å². The van der Waals surface area contributed by atoms with E-state index in [1.165, 1.54) is 0 Å². The molecule has 0 spiro atoms. The van der Waals surface area contributed by atoms with Crippen LogP contribution in [0.2, 0.25) is 0 Å². The first-order valence-corrected chi connectivity index (χ1v) is 29.8. The summed E-state index contributed by atoms with van der Waals surface area (Å²) in [4.78, 5) is 170. The molecule has 0 bridgehead atoms. The van der Waals surface area contributed by atoms with Gasteiger partial charge < -0.3 is 104 Å². The lowest BCUT2D eigenvalue weighted by Crippen LogP contribution is -2.62. The van der Waals surface area contributed by atoms with Gasteiger partial charge in [0.05, 0.1) is 6.54 Å². The molecule has 10 atom stereocenters. The average molecular weight is 1260 g/mol. The first-order valence-electron chi connectivity index (χ1n) is 29.8. The zero-order valence-electron chi connectivity index (χ0n) is 51.4. The molecule has 0 fully saturated rings. The molecule has 0 saturated heterocycles. The Bertz CT molecular complexity index is 2530. The minimum Gasteiger partial charge on any atom is -0.481 e. The molecule has 89 heavy (non-hydrogen) atoms. The van der Waals surface area contributed by atoms with Gasteiger partial charge in [0.2, 0.25) is 59.1 Å². The molecule has 0 aliphatic rings. The largest absolute Gasteiger partial charge is 0.481 e. The topological polar surface area (TPSA) is 586 Å². The minimum atomic E-state index is -1.56. The van der Waals surface area contributed by atoms with Gasteiger partial charge in [0.15, 0.2) is 11.9 Å². The zero-order chi connectivity index (χ0) is 67.2. The fraction of sp³-hybridized carbons (Fsp3) is 0.643. The number of aliphatic imine (C=N–C) groups is 2. The predicted molar refractivity (Wildman–Crippen MR) is 329 cm³/mol. The van der Waals surface area contributed by atoms with Gasteiger partial charge in [-0.15, -0.1) is 0 Å². The summed E-state index contributed by atoms with van der Waals surface area (Å²) in [5, 5.41) is 42.7. The van der Waals surface area contributed by atoms with Crippen LogP contribution in [0.25, 0.3) is 0 Å². The van der Waals surface area contributed by atoms with Gasteiger partial charge in [-0.3, -0.25) is 62.7 Å². The first kappa shape index (κ1) is 78.3. The number of amides is 10. The third-order valence-electron chi connectivity index (χ3n) is 14.1. The van der Waals surface area contributed by atoms with Crippen LogP contribution in [0.4, 0.5) is 0 Å². The zero-order valence-corrected chi connectivity index (χ0v) is 51.4. The van der Waals surface area contributed by atoms with E-state index in [-0.39, 0.29) is 102 Å². The lowest BCUT2D eigenvalue weighted by molar-refractivity contribution is -0.142. The van der Waals surface area contributed by atoms with Crippen LogP contribution in [-0.4, -0.2) is 180 Å². The summed E-state index contributed by atoms with van der Waals surface area (Å²) in [7, 11) is 0. The van der Waals surface area contributed by atoms with Crippen LogP contribution in [0.5, 0.6) is 0 Å². The standard InChI is InChI=1S/C56H97N19O14/c1-5-32(4)45(53(87)74-44(31(2)3)52(86)71-37(21-23-41(60)76)48(82)72-39(54(88)89)20-14-28-66-56(63)64)75-50(84)36(19-13-27-65-55(61)62)68-47(81)35(18-10-12-26-58)69-51(85)40(29-33-15-7-6-8-16-33)73-49(83)38(22-24-43(78)79)70-46(80)34(17-9-11-25-57)67-42(77)30-59/h6-8,15-16,31-32,34-40,44-45H,5,9-14,17-30,57-59H2,1-4H3,(H2,60,76)(H,67,77)(H,68,81)(H,69,85)(H,70,80)(H,71,86)(H,72,82)(H,73,83)(H,74,87)(H,75,84)(H,78,79)(H,88,89)(H4,61,62,65)(H4,63,64,66)/t32-,34-,35-,36-,37-,38-,39-,40-,44-,45-/m0/s1. The summed E-state index contributed by atoms with van der Waals surface area (Å²) in [5.41, 5.74) is 44.7. The van der Waals surface area contributed by atoms with Crippen molar-refractivity contribution in [3.8, 4) is 0 Å². The second kappa shape index (κ2) is 43.0. The van der Waals surface area contributed by atoms with Crippen molar-refractivity contribution in [1.82, 2.24) is 47.9 Å². The number of hydrogen-bond donors (Lipinski definition) is 19. The Morgan fingerprint density at radius 1 is 0.449 bits per heavy atom. The van der Waals surface area contributed by atoms with Crippen molar-refractivity contribution < 1.29 is 67.7 Å². The SMILES string of the molecule is CC[C@H](C)[C@H](NC(=O)[C@H](CCCN=C(N)N)NC(=O)[C@H](CCCCN)NC(=O)[C@H](Cc1ccccc1)NC(=O)[C@H](CCC(=O)O)NC(=O)[C@H](CCCCN)NC(=O)CN)C(=O)N[C@H](C(=O)N[C@@H](CCC(N)=O)C(=O)N[C@@H](CCCN=C(N)N)C(=O)O)C(C)C. The number of guanidine groups is 2. The molecule has 1 rings (SSSR count). The highest BCUT2D eigenvalue weighted by Gasteiger charge is 2.37. The minimum absolute atomic E-state index is 0.0139. The van der Waals surface area contributed by atoms with Crippen molar-refractivity contribution in [3.63, 3.8) is 0 Å². The van der Waals surface area contributed by atoms with Crippen LogP contribution < -0.4 is 93.7 Å². The number of nitrogens with one attached hydrogen (secondary N) is 9. The van der Waals surface area contributed by atoms with Crippen molar-refractivity contribution >= 4 is 82.9 Å². The number of carboxylic acids is 2. The third kappa shape index (κ3) is 32.2. The monoisotopic (exact) mass is 1260 g/mol. The second-order valence-electron chi connectivity index (χ2n) is 21.7. The molecule has 0 aliphatic heterocycles. The van der Waals surface area contributed by atoms with Gasteiger partial charge in [-0.2, -0.15) is 0 Å². The summed E-state index contributed by atoms with van der Waals surface area (Å²) in [6.07, 6.45) is -0.140. The maximum absolute atomic E-state index is 14.6. The van der Waals surface area contributed by atoms with E-state index >= 15 is 0 Å². The maximum atomic E-state index is 14.6. The van der Waals surface area contributed by atoms with Crippen molar-refractivity contribution in [3.05, 3.63) is 35.9 Å². The Morgan fingerprint density at radius 3 is 1.26 bits per heavy atom. The van der Waals surface area contributed by atoms with Gasteiger partial charge in [0.25, 0.3) is 0 Å². The highest BCUT2D eigenvalue weighted by atomic mass is 16.4. The van der Waals surface area contributed by atoms with E-state index in [4.69, 9.17) is 45.9 Å². The number of unbranched alkanes of at least 4 members (excludes halogenated alkanes) is 2. The molecule has 33 heteroatoms. The normalized spacial score (nSPS) is 14.3. The Labute approximate surface area is 518 Å². The molecule has 0 saturated carbocycles. The predicted octanol–water partition coefficient (Wildman–Crippen LogP) is -5.17. The smallest absolute Gasteiger partial charge is 0.326 e. The fourth-order valence-electron chi connectivity index (χ4n) is 8.82. The summed E-state index contributed by atoms with van der Waals surface area (Å²) >= 11 is 0. The van der Waals surface area contributed by atoms with Crippen LogP contribution in [-0.2, 0) is 64.0 Å². The van der Waals surface area contributed by atoms with Crippen LogP contribution in [0, 0.1) is 11.8 Å². The average Bonchev–Trinajstić information content (AvgIpc) is 3.68. The van der Waals surface area contributed by atoms with Crippen LogP contribution in [0.1, 0.15) is 130 Å². The number of carboxylic acid groups (broad SMARTS) is 2. The van der Waals surface area contributed by atoms with Crippen molar-refractivity contribution in [2.24, 2.45) is 67.7 Å². The van der Waals surface area contributed by atoms with Crippen molar-refractivity contribution in [2.75, 3.05) is 32.7 Å². The molecular weight excluding hydrogens is 1160 g/mol. The maximum Gasteiger partial charge on any atom is 0.326 e. The lowest BCUT2D eigenvalue weighted by Gasteiger charge is -2.31. The molecule has 0 aromatic heterocycles. The Balaban J connectivity index is 3.73. The second-order valence-corrected chi connectivity index (χ2v) is 21.7. The molecule has 0 heterocycles. The third-order valence-corrected chi connectivity index (χ3v) is 14.1. The molecule has 1 aromatic rings. The Kier molecular flexibility index (Phi) is 37.8. The van der Waals surface area contributed by atoms with E-state index in [0.29, 0.717) is 24.8 Å². The van der Waals surface area contributed by atoms with Crippen molar-refractivity contribution in [1.29, 1.82) is 0 Å². The Morgan fingerprint density at radius 2 is 0.831 bits per heavy atom. The van der Waals surface area contributed by atoms with Gasteiger partial charge in [-0.1, -0.05) is 64.4 Å². The van der Waals surface area contributed by atoms with E-state index in [0.717, 1.165) is 0 Å². The highest BCUT2D eigenvalue weighted by molar-refractivity contribution is 5.99. The van der Waals surface area contributed by atoms with Crippen LogP contribution in [0.15, 0.2) is 40.3 Å². The van der Waals surface area contributed by atoms with Gasteiger partial charge in [0.1, 0.15) is 54.4 Å². The van der Waals surface area contributed by atoms with E-state index in [2.05, 4.69) is 57.8 Å². The summed E-state index contributed by atoms with van der Waals surface area (Å²) in [5.74, 6) is -13.3. The van der Waals surface area contributed by atoms with Crippen molar-refractivity contribution in [2.45, 2.75) is 185 Å². The number of carbonyl (C=O) groups is 12. The number of aliphatic carboxylic acids is 2. The first-order chi connectivity index (χ1) is 42.1. The van der Waals surface area contributed by atoms with Crippen LogP contribution in [0.3, 0.4) is 0 Å². The van der Waals surface area contributed by atoms with Crippen LogP contribution >= 0.6 is 0 Å². The van der Waals surface area contributed by atoms with E-state index in [9.17, 15) is 67.7 Å². The molecule has 27 N–H and O–H groups in total. The summed E-state index contributed by atoms with van der Waals surface area (Å²) in [6, 6.07) is -4.46. The number of primary amides is 1. The molecule has 0 radical (unpaired) electrons. The molecule has 1 aromatic carbocycles. The molecule has 10 amide bonds. The lowest BCUT2D eigenvalue weighted by atomic mass is 9.95. The van der Waals surface area contributed by atoms with E-state index in [1.54, 1.807) is 58.0 Å². The fourth-order valence-corrected chi connectivity index (χ4v) is 8.82. The van der Waals surface area contributed by atoms with E-state index in [1.807, 2.05) is 0 Å².